The Balaban J connectivity index is 1.44. The molecule has 2 aliphatic rings. The number of benzene rings is 6. The van der Waals surface area contributed by atoms with Crippen molar-refractivity contribution in [2.75, 3.05) is 0 Å². The van der Waals surface area contributed by atoms with Crippen LogP contribution in [-0.4, -0.2) is 33.2 Å². The van der Waals surface area contributed by atoms with Crippen molar-refractivity contribution in [1.82, 2.24) is 9.80 Å². The second kappa shape index (κ2) is 15.7. The molecule has 0 bridgehead atoms. The lowest BCUT2D eigenvalue weighted by Gasteiger charge is -2.28. The summed E-state index contributed by atoms with van der Waals surface area (Å²) in [5, 5.41) is 3.72. The Hall–Kier alpha value is -5.68. The molecule has 0 saturated heterocycles. The highest BCUT2D eigenvalue weighted by atomic mass is 31.2. The van der Waals surface area contributed by atoms with Crippen LogP contribution in [0.1, 0.15) is 63.8 Å². The van der Waals surface area contributed by atoms with Gasteiger partial charge in [-0.15, -0.1) is 0 Å². The van der Waals surface area contributed by atoms with E-state index in [-0.39, 0.29) is 26.2 Å². The monoisotopic (exact) mass is 836 g/mol. The molecule has 0 aromatic heterocycles. The van der Waals surface area contributed by atoms with Crippen LogP contribution < -0.4 is 31.8 Å². The molecule has 60 heavy (non-hydrogen) atoms. The Morgan fingerprint density at radius 1 is 0.433 bits per heavy atom. The molecular weight excluding hydrogens is 787 g/mol. The summed E-state index contributed by atoms with van der Waals surface area (Å²) in [7, 11) is -7.37. The third kappa shape index (κ3) is 7.87. The van der Waals surface area contributed by atoms with Gasteiger partial charge in [0, 0.05) is 58.0 Å². The SMILES string of the molecule is CC(C)(C)OC(=O)N1Cc2cc(-c3cc4c(cc3P(=O)(c3ccccc3)c3ccccc3)CN(C(=O)OC(C)(C)C)C4)c(P(=O)(c3ccccc3)c3ccccc3)cc2C1. The van der Waals surface area contributed by atoms with Crippen LogP contribution in [0.25, 0.3) is 11.1 Å². The molecule has 0 saturated carbocycles. The Bertz CT molecular complexity index is 2400. The van der Waals surface area contributed by atoms with Gasteiger partial charge < -0.3 is 18.6 Å². The summed E-state index contributed by atoms with van der Waals surface area (Å²) in [6.07, 6.45) is -0.872. The number of ether oxygens (including phenoxy) is 2. The highest BCUT2D eigenvalue weighted by molar-refractivity contribution is 7.86. The first kappa shape index (κ1) is 41.1. The number of hydrogen-bond donors (Lipinski definition) is 0. The van der Waals surface area contributed by atoms with Crippen molar-refractivity contribution in [1.29, 1.82) is 0 Å². The maximum absolute atomic E-state index is 16.6. The fraction of sp³-hybridized carbons (Fsp3) is 0.240. The summed E-state index contributed by atoms with van der Waals surface area (Å²) in [6, 6.07) is 46.1. The molecule has 2 heterocycles. The van der Waals surface area contributed by atoms with E-state index in [0.717, 1.165) is 22.3 Å². The molecule has 8 rings (SSSR count). The zero-order chi connectivity index (χ0) is 42.5. The van der Waals surface area contributed by atoms with E-state index >= 15 is 9.13 Å². The predicted molar refractivity (Wildman–Crippen MR) is 242 cm³/mol. The van der Waals surface area contributed by atoms with E-state index in [9.17, 15) is 9.59 Å². The van der Waals surface area contributed by atoms with Crippen LogP contribution in [0.5, 0.6) is 0 Å². The molecule has 0 fully saturated rings. The van der Waals surface area contributed by atoms with Crippen molar-refractivity contribution in [2.45, 2.75) is 78.9 Å². The second-order valence-corrected chi connectivity index (χ2v) is 23.0. The number of rotatable bonds is 7. The summed E-state index contributed by atoms with van der Waals surface area (Å²) in [4.78, 5) is 30.5. The normalized spacial score (nSPS) is 14.1. The van der Waals surface area contributed by atoms with Crippen LogP contribution >= 0.6 is 14.3 Å². The molecule has 2 aliphatic heterocycles. The minimum Gasteiger partial charge on any atom is -0.444 e. The fourth-order valence-electron chi connectivity index (χ4n) is 8.15. The van der Waals surface area contributed by atoms with Crippen molar-refractivity contribution < 1.29 is 28.2 Å². The van der Waals surface area contributed by atoms with E-state index in [2.05, 4.69) is 0 Å². The van der Waals surface area contributed by atoms with Crippen molar-refractivity contribution in [3.63, 3.8) is 0 Å². The molecule has 2 amide bonds. The first-order valence-electron chi connectivity index (χ1n) is 20.3. The van der Waals surface area contributed by atoms with Crippen molar-refractivity contribution in [3.8, 4) is 11.1 Å². The highest BCUT2D eigenvalue weighted by Gasteiger charge is 2.40. The average Bonchev–Trinajstić information content (AvgIpc) is 3.87. The molecule has 6 aromatic carbocycles. The number of nitrogens with zero attached hydrogens (tertiary/aromatic N) is 2. The zero-order valence-corrected chi connectivity index (χ0v) is 36.7. The van der Waals surface area contributed by atoms with Crippen LogP contribution in [0.2, 0.25) is 0 Å². The predicted octanol–water partition coefficient (Wildman–Crippen LogP) is 9.13. The Kier molecular flexibility index (Phi) is 10.8. The summed E-state index contributed by atoms with van der Waals surface area (Å²) in [6.45, 7) is 12.2. The largest absolute Gasteiger partial charge is 0.444 e. The summed E-state index contributed by atoms with van der Waals surface area (Å²) in [5.74, 6) is 0. The first-order chi connectivity index (χ1) is 28.5. The van der Waals surface area contributed by atoms with Crippen molar-refractivity contribution >= 4 is 58.3 Å². The molecule has 0 unspecified atom stereocenters. The molecule has 6 aromatic rings. The molecule has 10 heteroatoms. The van der Waals surface area contributed by atoms with E-state index < -0.39 is 37.7 Å². The van der Waals surface area contributed by atoms with Gasteiger partial charge in [-0.2, -0.15) is 0 Å². The van der Waals surface area contributed by atoms with Crippen LogP contribution in [0, 0.1) is 0 Å². The number of hydrogen-bond acceptors (Lipinski definition) is 6. The third-order valence-electron chi connectivity index (χ3n) is 10.8. The van der Waals surface area contributed by atoms with Crippen LogP contribution in [0.4, 0.5) is 9.59 Å². The lowest BCUT2D eigenvalue weighted by Crippen LogP contribution is -2.33. The Morgan fingerprint density at radius 3 is 0.933 bits per heavy atom. The topological polar surface area (TPSA) is 93.2 Å². The van der Waals surface area contributed by atoms with E-state index in [1.165, 1.54) is 0 Å². The minimum atomic E-state index is -3.68. The van der Waals surface area contributed by atoms with Crippen LogP contribution in [0.15, 0.2) is 146 Å². The van der Waals surface area contributed by atoms with Gasteiger partial charge >= 0.3 is 12.2 Å². The fourth-order valence-corrected chi connectivity index (χ4v) is 13.9. The van der Waals surface area contributed by atoms with E-state index in [4.69, 9.17) is 9.47 Å². The van der Waals surface area contributed by atoms with Crippen molar-refractivity contribution in [3.05, 3.63) is 168 Å². The summed E-state index contributed by atoms with van der Waals surface area (Å²) in [5.41, 5.74) is 3.39. The van der Waals surface area contributed by atoms with Crippen LogP contribution in [-0.2, 0) is 44.8 Å². The minimum absolute atomic E-state index is 0.273. The van der Waals surface area contributed by atoms with Gasteiger partial charge in [0.25, 0.3) is 0 Å². The molecule has 0 N–H and O–H groups in total. The van der Waals surface area contributed by atoms with Gasteiger partial charge in [-0.1, -0.05) is 121 Å². The molecular formula is C50H50N2O6P2. The van der Waals surface area contributed by atoms with Gasteiger partial charge in [-0.3, -0.25) is 9.80 Å². The maximum atomic E-state index is 16.6. The summed E-state index contributed by atoms with van der Waals surface area (Å²) >= 11 is 0. The number of carbonyl (C=O) groups excluding carboxylic acids is 2. The van der Waals surface area contributed by atoms with E-state index in [0.29, 0.717) is 43.0 Å². The first-order valence-corrected chi connectivity index (χ1v) is 23.7. The average molecular weight is 837 g/mol. The van der Waals surface area contributed by atoms with E-state index in [1.807, 2.05) is 187 Å². The Labute approximate surface area is 352 Å². The number of amides is 2. The number of fused-ring (bicyclic) bond motifs is 2. The van der Waals surface area contributed by atoms with Gasteiger partial charge in [-0.25, -0.2) is 9.59 Å². The molecule has 306 valence electrons. The third-order valence-corrected chi connectivity index (χ3v) is 17.0. The van der Waals surface area contributed by atoms with Gasteiger partial charge in [-0.05, 0) is 99.2 Å². The Morgan fingerprint density at radius 2 is 0.683 bits per heavy atom. The van der Waals surface area contributed by atoms with Gasteiger partial charge in [0.15, 0.2) is 14.3 Å². The molecule has 0 radical (unpaired) electrons. The van der Waals surface area contributed by atoms with Crippen LogP contribution in [0.3, 0.4) is 0 Å². The van der Waals surface area contributed by atoms with E-state index in [1.54, 1.807) is 9.80 Å². The molecule has 0 aliphatic carbocycles. The highest BCUT2D eigenvalue weighted by Crippen LogP contribution is 2.51. The maximum Gasteiger partial charge on any atom is 0.410 e. The lowest BCUT2D eigenvalue weighted by molar-refractivity contribution is 0.0232. The molecule has 0 atom stereocenters. The second-order valence-electron chi connectivity index (χ2n) is 17.5. The van der Waals surface area contributed by atoms with Gasteiger partial charge in [0.1, 0.15) is 11.2 Å². The smallest absolute Gasteiger partial charge is 0.410 e. The van der Waals surface area contributed by atoms with Gasteiger partial charge in [0.2, 0.25) is 0 Å². The van der Waals surface area contributed by atoms with Gasteiger partial charge in [0.05, 0.1) is 0 Å². The molecule has 8 nitrogen and oxygen atoms in total. The quantitative estimate of drug-likeness (QED) is 0.149. The number of carbonyl (C=O) groups is 2. The van der Waals surface area contributed by atoms with Crippen molar-refractivity contribution in [2.24, 2.45) is 0 Å². The lowest BCUT2D eigenvalue weighted by atomic mass is 9.97. The molecule has 0 spiro atoms. The standard InChI is InChI=1S/C50H50N2O6P2/c1-49(2,3)57-47(53)51-31-35-27-43(45(29-37(35)33-51)59(55,39-19-11-7-12-20-39)40-21-13-8-14-22-40)44-28-36-32-52(48(54)58-50(4,5)6)34-38(36)30-46(44)60(56,41-23-15-9-16-24-41)42-25-17-10-18-26-42/h7-30H,31-34H2,1-6H3. The summed E-state index contributed by atoms with van der Waals surface area (Å²) < 4.78 is 44.8. The zero-order valence-electron chi connectivity index (χ0n) is 34.9.